The van der Waals surface area contributed by atoms with Gasteiger partial charge in [0.15, 0.2) is 0 Å². The van der Waals surface area contributed by atoms with Gasteiger partial charge < -0.3 is 5.32 Å². The number of hydrogen-bond acceptors (Lipinski definition) is 4. The number of pyridine rings is 1. The lowest BCUT2D eigenvalue weighted by molar-refractivity contribution is -0.137. The Morgan fingerprint density at radius 1 is 0.744 bits per heavy atom. The molecule has 0 spiro atoms. The van der Waals surface area contributed by atoms with Gasteiger partial charge in [0.25, 0.3) is 0 Å². The molecule has 0 aliphatic heterocycles. The quantitative estimate of drug-likeness (QED) is 0.186. The number of rotatable bonds is 10. The Balaban J connectivity index is 1.29. The second kappa shape index (κ2) is 13.8. The summed E-state index contributed by atoms with van der Waals surface area (Å²) in [6.45, 7) is 0.920. The molecule has 1 heterocycles. The van der Waals surface area contributed by atoms with Crippen LogP contribution in [0, 0.1) is 0 Å². The fraction of sp³-hybridized carbons (Fsp3) is 0.324. The second-order valence-electron chi connectivity index (χ2n) is 11.1. The average molecular weight is 608 g/mol. The first-order chi connectivity index (χ1) is 20.7. The molecule has 43 heavy (non-hydrogen) atoms. The summed E-state index contributed by atoms with van der Waals surface area (Å²) in [5, 5.41) is 3.71. The molecule has 0 amide bonds. The second-order valence-corrected chi connectivity index (χ2v) is 13.1. The molecule has 0 radical (unpaired) electrons. The highest BCUT2D eigenvalue weighted by Crippen LogP contribution is 2.31. The van der Waals surface area contributed by atoms with E-state index < -0.39 is 21.8 Å². The molecule has 3 aromatic carbocycles. The molecule has 0 saturated heterocycles. The predicted molar refractivity (Wildman–Crippen MR) is 162 cm³/mol. The topological polar surface area (TPSA) is 62.3 Å². The fourth-order valence-electron chi connectivity index (χ4n) is 5.45. The number of nitrogens with one attached hydrogen (secondary N) is 1. The van der Waals surface area contributed by atoms with Crippen LogP contribution in [-0.2, 0) is 35.8 Å². The molecule has 0 atom stereocenters. The SMILES string of the molecule is O=S(=O)(c1ccc(C(F)(F)F)cc1)N(Cc1ccc(-c2ccc(CNC3CCCCCC3)cc2)cc1)Cc1cccnc1. The lowest BCUT2D eigenvalue weighted by Crippen LogP contribution is -2.30. The van der Waals surface area contributed by atoms with E-state index >= 15 is 0 Å². The maximum absolute atomic E-state index is 13.6. The molecule has 5 rings (SSSR count). The van der Waals surface area contributed by atoms with Gasteiger partial charge in [-0.3, -0.25) is 4.98 Å². The summed E-state index contributed by atoms with van der Waals surface area (Å²) in [4.78, 5) is 3.88. The first-order valence-electron chi connectivity index (χ1n) is 14.7. The van der Waals surface area contributed by atoms with E-state index in [0.29, 0.717) is 11.6 Å². The summed E-state index contributed by atoms with van der Waals surface area (Å²) in [5.74, 6) is 0. The Kier molecular flexibility index (Phi) is 9.95. The third kappa shape index (κ3) is 8.31. The van der Waals surface area contributed by atoms with Crippen molar-refractivity contribution in [2.45, 2.75) is 75.3 Å². The van der Waals surface area contributed by atoms with Crippen LogP contribution < -0.4 is 5.32 Å². The van der Waals surface area contributed by atoms with E-state index in [2.05, 4.69) is 34.6 Å². The van der Waals surface area contributed by atoms with Gasteiger partial charge in [0.1, 0.15) is 0 Å². The van der Waals surface area contributed by atoms with Gasteiger partial charge in [-0.1, -0.05) is 80.3 Å². The van der Waals surface area contributed by atoms with Crippen molar-refractivity contribution in [2.24, 2.45) is 0 Å². The Hall–Kier alpha value is -3.53. The molecule has 1 fully saturated rings. The zero-order valence-electron chi connectivity index (χ0n) is 23.9. The number of alkyl halides is 3. The molecule has 9 heteroatoms. The van der Waals surface area contributed by atoms with Crippen molar-refractivity contribution in [3.8, 4) is 11.1 Å². The van der Waals surface area contributed by atoms with Crippen LogP contribution in [0.4, 0.5) is 13.2 Å². The molecule has 226 valence electrons. The third-order valence-electron chi connectivity index (χ3n) is 7.95. The van der Waals surface area contributed by atoms with E-state index in [4.69, 9.17) is 0 Å². The highest BCUT2D eigenvalue weighted by Gasteiger charge is 2.32. The monoisotopic (exact) mass is 607 g/mol. The van der Waals surface area contributed by atoms with Crippen molar-refractivity contribution in [1.29, 1.82) is 0 Å². The smallest absolute Gasteiger partial charge is 0.310 e. The van der Waals surface area contributed by atoms with Crippen LogP contribution >= 0.6 is 0 Å². The Bertz CT molecular complexity index is 1550. The molecule has 1 aliphatic rings. The Morgan fingerprint density at radius 2 is 1.33 bits per heavy atom. The third-order valence-corrected chi connectivity index (χ3v) is 9.76. The summed E-state index contributed by atoms with van der Waals surface area (Å²) < 4.78 is 67.7. The number of hydrogen-bond donors (Lipinski definition) is 1. The van der Waals surface area contributed by atoms with Crippen LogP contribution in [0.15, 0.2) is 102 Å². The van der Waals surface area contributed by atoms with Crippen LogP contribution in [0.1, 0.15) is 60.8 Å². The minimum absolute atomic E-state index is 0.0231. The predicted octanol–water partition coefficient (Wildman–Crippen LogP) is 7.97. The first-order valence-corrected chi connectivity index (χ1v) is 16.1. The highest BCUT2D eigenvalue weighted by atomic mass is 32.2. The molecule has 5 nitrogen and oxygen atoms in total. The summed E-state index contributed by atoms with van der Waals surface area (Å²) in [5.41, 5.74) is 3.84. The molecule has 1 aliphatic carbocycles. The molecule has 1 aromatic heterocycles. The van der Waals surface area contributed by atoms with Crippen LogP contribution in [0.2, 0.25) is 0 Å². The van der Waals surface area contributed by atoms with Crippen LogP contribution in [0.5, 0.6) is 0 Å². The number of sulfonamides is 1. The van der Waals surface area contributed by atoms with Gasteiger partial charge >= 0.3 is 6.18 Å². The van der Waals surface area contributed by atoms with E-state index in [9.17, 15) is 21.6 Å². The molecule has 1 saturated carbocycles. The minimum Gasteiger partial charge on any atom is -0.310 e. The molecular formula is C34H36F3N3O2S. The van der Waals surface area contributed by atoms with E-state index in [1.54, 1.807) is 24.5 Å². The van der Waals surface area contributed by atoms with Crippen LogP contribution in [0.3, 0.4) is 0 Å². The van der Waals surface area contributed by atoms with E-state index in [0.717, 1.165) is 47.5 Å². The number of aromatic nitrogens is 1. The highest BCUT2D eigenvalue weighted by molar-refractivity contribution is 7.89. The number of nitrogens with zero attached hydrogens (tertiary/aromatic N) is 2. The van der Waals surface area contributed by atoms with Crippen molar-refractivity contribution in [1.82, 2.24) is 14.6 Å². The zero-order chi connectivity index (χ0) is 30.3. The largest absolute Gasteiger partial charge is 0.416 e. The molecule has 1 N–H and O–H groups in total. The maximum Gasteiger partial charge on any atom is 0.416 e. The molecule has 0 unspecified atom stereocenters. The van der Waals surface area contributed by atoms with E-state index in [1.165, 1.54) is 48.4 Å². The number of benzene rings is 3. The van der Waals surface area contributed by atoms with E-state index in [-0.39, 0.29) is 18.0 Å². The Morgan fingerprint density at radius 3 is 1.88 bits per heavy atom. The van der Waals surface area contributed by atoms with E-state index in [1.807, 2.05) is 24.3 Å². The van der Waals surface area contributed by atoms with Crippen molar-refractivity contribution >= 4 is 10.0 Å². The van der Waals surface area contributed by atoms with Gasteiger partial charge in [-0.25, -0.2) is 8.42 Å². The van der Waals surface area contributed by atoms with Gasteiger partial charge in [0.2, 0.25) is 10.0 Å². The standard InChI is InChI=1S/C34H36F3N3O2S/c35-34(36,37)31-17-19-33(20-18-31)43(41,42)40(25-28-6-5-21-38-22-28)24-27-11-15-30(16-12-27)29-13-9-26(10-14-29)23-39-32-7-3-1-2-4-8-32/h5-6,9-22,32,39H,1-4,7-8,23-25H2. The lowest BCUT2D eigenvalue weighted by Gasteiger charge is -2.23. The first kappa shape index (κ1) is 30.9. The lowest BCUT2D eigenvalue weighted by atomic mass is 10.0. The van der Waals surface area contributed by atoms with Gasteiger partial charge in [-0.05, 0) is 71.0 Å². The summed E-state index contributed by atoms with van der Waals surface area (Å²) >= 11 is 0. The molecule has 0 bridgehead atoms. The van der Waals surface area contributed by atoms with Gasteiger partial charge in [-0.15, -0.1) is 0 Å². The fourth-order valence-corrected chi connectivity index (χ4v) is 6.87. The maximum atomic E-state index is 13.6. The van der Waals surface area contributed by atoms with Crippen molar-refractivity contribution in [2.75, 3.05) is 0 Å². The normalized spacial score (nSPS) is 15.0. The molecule has 4 aromatic rings. The summed E-state index contributed by atoms with van der Waals surface area (Å²) in [6, 6.07) is 23.8. The van der Waals surface area contributed by atoms with Gasteiger partial charge in [0.05, 0.1) is 10.5 Å². The van der Waals surface area contributed by atoms with Gasteiger partial charge in [0, 0.05) is 38.1 Å². The zero-order valence-corrected chi connectivity index (χ0v) is 24.7. The summed E-state index contributed by atoms with van der Waals surface area (Å²) in [6.07, 6.45) is 6.39. The van der Waals surface area contributed by atoms with Crippen molar-refractivity contribution < 1.29 is 21.6 Å². The molecular weight excluding hydrogens is 571 g/mol. The van der Waals surface area contributed by atoms with Crippen LogP contribution in [-0.4, -0.2) is 23.7 Å². The summed E-state index contributed by atoms with van der Waals surface area (Å²) in [7, 11) is -4.11. The van der Waals surface area contributed by atoms with Crippen molar-refractivity contribution in [3.05, 3.63) is 120 Å². The van der Waals surface area contributed by atoms with Gasteiger partial charge in [-0.2, -0.15) is 17.5 Å². The number of halogens is 3. The average Bonchev–Trinajstić information content (AvgIpc) is 3.30. The van der Waals surface area contributed by atoms with Crippen molar-refractivity contribution in [3.63, 3.8) is 0 Å². The Labute approximate surface area is 251 Å². The van der Waals surface area contributed by atoms with Crippen LogP contribution in [0.25, 0.3) is 11.1 Å². The minimum atomic E-state index is -4.55.